The van der Waals surface area contributed by atoms with Crippen molar-refractivity contribution >= 4 is 48.3 Å². The molecular formula is C22H25N5O5S2. The summed E-state index contributed by atoms with van der Waals surface area (Å²) in [5, 5.41) is 11.8. The Hall–Kier alpha value is -3.09. The van der Waals surface area contributed by atoms with Gasteiger partial charge in [0.05, 0.1) is 20.0 Å². The van der Waals surface area contributed by atoms with E-state index < -0.39 is 14.9 Å². The van der Waals surface area contributed by atoms with E-state index in [1.165, 1.54) is 39.9 Å². The molecule has 0 saturated carbocycles. The summed E-state index contributed by atoms with van der Waals surface area (Å²) in [5.74, 6) is -0.147. The molecule has 0 bridgehead atoms. The van der Waals surface area contributed by atoms with E-state index in [0.29, 0.717) is 50.3 Å². The van der Waals surface area contributed by atoms with Crippen molar-refractivity contribution in [2.75, 3.05) is 44.2 Å². The first-order valence-electron chi connectivity index (χ1n) is 10.9. The zero-order chi connectivity index (χ0) is 24.5. The monoisotopic (exact) mass is 503 g/mol. The summed E-state index contributed by atoms with van der Waals surface area (Å²) >= 11 is 1.40. The molecule has 0 unspecified atom stereocenters. The van der Waals surface area contributed by atoms with Crippen molar-refractivity contribution in [3.8, 4) is 0 Å². The van der Waals surface area contributed by atoms with Gasteiger partial charge in [0.1, 0.15) is 0 Å². The topological polar surface area (TPSA) is 117 Å². The third kappa shape index (κ3) is 4.61. The average molecular weight is 504 g/mol. The standard InChI is InChI=1S/C22H25N5O5S2/c1-3-26(4-2)34(31,32)18-8-5-16(6-9-18)21(28)24-11-13-25(14-12-24)22-23-19-10-7-17(27(29)30)15-20(19)33-22/h5-10,15H,3-4,11-14H2,1-2H3. The minimum Gasteiger partial charge on any atom is -0.345 e. The minimum atomic E-state index is -3.57. The normalized spacial score (nSPS) is 14.7. The van der Waals surface area contributed by atoms with Crippen LogP contribution in [0.2, 0.25) is 0 Å². The van der Waals surface area contributed by atoms with Crippen molar-refractivity contribution < 1.29 is 18.1 Å². The van der Waals surface area contributed by atoms with E-state index in [4.69, 9.17) is 0 Å². The van der Waals surface area contributed by atoms with Gasteiger partial charge in [-0.15, -0.1) is 0 Å². The molecule has 10 nitrogen and oxygen atoms in total. The van der Waals surface area contributed by atoms with E-state index in [-0.39, 0.29) is 16.5 Å². The van der Waals surface area contributed by atoms with Crippen LogP contribution in [0.1, 0.15) is 24.2 Å². The largest absolute Gasteiger partial charge is 0.345 e. The molecule has 1 aliphatic rings. The zero-order valence-corrected chi connectivity index (χ0v) is 20.5. The molecule has 0 aliphatic carbocycles. The summed E-state index contributed by atoms with van der Waals surface area (Å²) in [4.78, 5) is 32.1. The lowest BCUT2D eigenvalue weighted by molar-refractivity contribution is -0.384. The van der Waals surface area contributed by atoms with E-state index in [1.807, 2.05) is 0 Å². The Morgan fingerprint density at radius 1 is 1.09 bits per heavy atom. The number of nitrogens with zero attached hydrogens (tertiary/aromatic N) is 5. The SMILES string of the molecule is CCN(CC)S(=O)(=O)c1ccc(C(=O)N2CCN(c3nc4ccc([N+](=O)[O-])cc4s3)CC2)cc1. The second-order valence-electron chi connectivity index (χ2n) is 7.80. The molecule has 1 aromatic heterocycles. The van der Waals surface area contributed by atoms with Crippen LogP contribution < -0.4 is 4.90 Å². The fraction of sp³-hybridized carbons (Fsp3) is 0.364. The lowest BCUT2D eigenvalue weighted by Crippen LogP contribution is -2.48. The highest BCUT2D eigenvalue weighted by molar-refractivity contribution is 7.89. The first-order valence-corrected chi connectivity index (χ1v) is 13.2. The second-order valence-corrected chi connectivity index (χ2v) is 10.7. The highest BCUT2D eigenvalue weighted by Crippen LogP contribution is 2.32. The van der Waals surface area contributed by atoms with Gasteiger partial charge in [0.25, 0.3) is 11.6 Å². The van der Waals surface area contributed by atoms with Crippen LogP contribution in [0.15, 0.2) is 47.4 Å². The minimum absolute atomic E-state index is 0.0361. The highest BCUT2D eigenvalue weighted by atomic mass is 32.2. The Morgan fingerprint density at radius 3 is 2.32 bits per heavy atom. The van der Waals surface area contributed by atoms with E-state index in [1.54, 1.807) is 36.9 Å². The van der Waals surface area contributed by atoms with Gasteiger partial charge in [-0.05, 0) is 30.3 Å². The summed E-state index contributed by atoms with van der Waals surface area (Å²) in [5.41, 5.74) is 1.19. The molecule has 1 amide bonds. The molecular weight excluding hydrogens is 478 g/mol. The van der Waals surface area contributed by atoms with Crippen LogP contribution in [0.3, 0.4) is 0 Å². The Labute approximate surface area is 201 Å². The van der Waals surface area contributed by atoms with Crippen molar-refractivity contribution in [3.05, 3.63) is 58.1 Å². The van der Waals surface area contributed by atoms with Crippen molar-refractivity contribution in [1.29, 1.82) is 0 Å². The molecule has 4 rings (SSSR count). The van der Waals surface area contributed by atoms with Crippen LogP contribution in [-0.2, 0) is 10.0 Å². The van der Waals surface area contributed by atoms with Crippen molar-refractivity contribution in [2.24, 2.45) is 0 Å². The lowest BCUT2D eigenvalue weighted by atomic mass is 10.2. The van der Waals surface area contributed by atoms with Gasteiger partial charge < -0.3 is 9.80 Å². The Morgan fingerprint density at radius 2 is 1.74 bits per heavy atom. The summed E-state index contributed by atoms with van der Waals surface area (Å²) in [6.45, 7) is 6.51. The maximum absolute atomic E-state index is 13.0. The number of nitro groups is 1. The van der Waals surface area contributed by atoms with Gasteiger partial charge in [-0.1, -0.05) is 25.2 Å². The van der Waals surface area contributed by atoms with Crippen LogP contribution in [0, 0.1) is 10.1 Å². The van der Waals surface area contributed by atoms with Crippen LogP contribution >= 0.6 is 11.3 Å². The smallest absolute Gasteiger partial charge is 0.270 e. The number of nitro benzene ring substituents is 1. The Balaban J connectivity index is 1.42. The van der Waals surface area contributed by atoms with Crippen molar-refractivity contribution in [1.82, 2.24) is 14.2 Å². The number of hydrogen-bond donors (Lipinski definition) is 0. The second kappa shape index (κ2) is 9.65. The van der Waals surface area contributed by atoms with E-state index in [9.17, 15) is 23.3 Å². The number of piperazine rings is 1. The number of aromatic nitrogens is 1. The van der Waals surface area contributed by atoms with Gasteiger partial charge in [0, 0.05) is 57.0 Å². The number of benzene rings is 2. The predicted molar refractivity (Wildman–Crippen MR) is 131 cm³/mol. The number of thiazole rings is 1. The highest BCUT2D eigenvalue weighted by Gasteiger charge is 2.26. The van der Waals surface area contributed by atoms with Crippen LogP contribution in [0.25, 0.3) is 10.2 Å². The third-order valence-corrected chi connectivity index (χ3v) is 9.00. The molecule has 1 saturated heterocycles. The number of carbonyl (C=O) groups is 1. The van der Waals surface area contributed by atoms with Crippen molar-refractivity contribution in [3.63, 3.8) is 0 Å². The zero-order valence-electron chi connectivity index (χ0n) is 18.9. The van der Waals surface area contributed by atoms with E-state index >= 15 is 0 Å². The van der Waals surface area contributed by atoms with Gasteiger partial charge in [-0.2, -0.15) is 4.31 Å². The van der Waals surface area contributed by atoms with Crippen molar-refractivity contribution in [2.45, 2.75) is 18.7 Å². The van der Waals surface area contributed by atoms with E-state index in [0.717, 1.165) is 9.83 Å². The number of sulfonamides is 1. The molecule has 0 radical (unpaired) electrons. The number of amides is 1. The van der Waals surface area contributed by atoms with Gasteiger partial charge >= 0.3 is 0 Å². The summed E-state index contributed by atoms with van der Waals surface area (Å²) < 4.78 is 27.4. The average Bonchev–Trinajstić information content (AvgIpc) is 3.28. The fourth-order valence-electron chi connectivity index (χ4n) is 3.92. The lowest BCUT2D eigenvalue weighted by Gasteiger charge is -2.34. The number of rotatable bonds is 7. The molecule has 180 valence electrons. The molecule has 0 atom stereocenters. The quantitative estimate of drug-likeness (QED) is 0.359. The third-order valence-electron chi connectivity index (χ3n) is 5.85. The Kier molecular flexibility index (Phi) is 6.82. The molecule has 1 fully saturated rings. The van der Waals surface area contributed by atoms with E-state index in [2.05, 4.69) is 9.88 Å². The molecule has 1 aliphatic heterocycles. The van der Waals surface area contributed by atoms with Crippen LogP contribution in [-0.4, -0.2) is 72.7 Å². The summed E-state index contributed by atoms with van der Waals surface area (Å²) in [7, 11) is -3.57. The van der Waals surface area contributed by atoms with Crippen LogP contribution in [0.4, 0.5) is 10.8 Å². The molecule has 3 aromatic rings. The Bertz CT molecular complexity index is 1310. The molecule has 34 heavy (non-hydrogen) atoms. The summed E-state index contributed by atoms with van der Waals surface area (Å²) in [6, 6.07) is 10.7. The van der Waals surface area contributed by atoms with Gasteiger partial charge in [-0.3, -0.25) is 14.9 Å². The first-order chi connectivity index (χ1) is 16.2. The number of carbonyl (C=O) groups excluding carboxylic acids is 1. The van der Waals surface area contributed by atoms with Crippen LogP contribution in [0.5, 0.6) is 0 Å². The van der Waals surface area contributed by atoms with Gasteiger partial charge in [-0.25, -0.2) is 13.4 Å². The molecule has 2 aromatic carbocycles. The molecule has 2 heterocycles. The first kappa shape index (κ1) is 24.0. The van der Waals surface area contributed by atoms with Gasteiger partial charge in [0.2, 0.25) is 10.0 Å². The molecule has 0 N–H and O–H groups in total. The molecule has 0 spiro atoms. The maximum atomic E-state index is 13.0. The fourth-order valence-corrected chi connectivity index (χ4v) is 6.42. The number of anilines is 1. The number of hydrogen-bond acceptors (Lipinski definition) is 8. The number of fused-ring (bicyclic) bond motifs is 1. The predicted octanol–water partition coefficient (Wildman–Crippen LogP) is 3.20. The number of non-ortho nitro benzene ring substituents is 1. The van der Waals surface area contributed by atoms with Gasteiger partial charge in [0.15, 0.2) is 5.13 Å². The summed E-state index contributed by atoms with van der Waals surface area (Å²) in [6.07, 6.45) is 0. The maximum Gasteiger partial charge on any atom is 0.270 e. The molecule has 12 heteroatoms.